The summed E-state index contributed by atoms with van der Waals surface area (Å²) in [6.07, 6.45) is 1.95. The van der Waals surface area contributed by atoms with Gasteiger partial charge >= 0.3 is 0 Å². The fourth-order valence-corrected chi connectivity index (χ4v) is 1.78. The van der Waals surface area contributed by atoms with Gasteiger partial charge in [-0.05, 0) is 19.4 Å². The van der Waals surface area contributed by atoms with E-state index in [2.05, 4.69) is 4.98 Å². The minimum absolute atomic E-state index is 0.0416. The summed E-state index contributed by atoms with van der Waals surface area (Å²) in [4.78, 5) is 16.5. The van der Waals surface area contributed by atoms with Crippen molar-refractivity contribution in [2.45, 2.75) is 13.8 Å². The normalized spacial score (nSPS) is 11.6. The average Bonchev–Trinajstić information content (AvgIpc) is 2.41. The Morgan fingerprint density at radius 1 is 1.28 bits per heavy atom. The van der Waals surface area contributed by atoms with E-state index in [0.717, 1.165) is 16.8 Å². The van der Waals surface area contributed by atoms with E-state index in [1.165, 1.54) is 0 Å². The number of benzene rings is 1. The molecule has 1 aromatic carbocycles. The van der Waals surface area contributed by atoms with Crippen LogP contribution in [0.1, 0.15) is 19.7 Å². The van der Waals surface area contributed by atoms with Gasteiger partial charge in [0.2, 0.25) is 0 Å². The zero-order valence-electron chi connectivity index (χ0n) is 10.8. The van der Waals surface area contributed by atoms with Crippen LogP contribution in [0.25, 0.3) is 16.8 Å². The van der Waals surface area contributed by atoms with Crippen molar-refractivity contribution in [1.82, 2.24) is 9.55 Å². The van der Waals surface area contributed by atoms with E-state index in [-0.39, 0.29) is 5.56 Å². The van der Waals surface area contributed by atoms with Gasteiger partial charge in [-0.2, -0.15) is 0 Å². The van der Waals surface area contributed by atoms with E-state index in [0.29, 0.717) is 5.82 Å². The molecule has 92 valence electrons. The smallest absolute Gasteiger partial charge is 0.254 e. The van der Waals surface area contributed by atoms with Crippen LogP contribution < -0.4 is 5.56 Å². The van der Waals surface area contributed by atoms with E-state index < -0.39 is 0 Å². The number of allylic oxidation sites excluding steroid dienone is 2. The summed E-state index contributed by atoms with van der Waals surface area (Å²) in [5.41, 5.74) is 2.63. The van der Waals surface area contributed by atoms with Crippen molar-refractivity contribution in [3.63, 3.8) is 0 Å². The van der Waals surface area contributed by atoms with Gasteiger partial charge in [0.15, 0.2) is 0 Å². The predicted molar refractivity (Wildman–Crippen MR) is 74.2 cm³/mol. The van der Waals surface area contributed by atoms with Gasteiger partial charge in [0.25, 0.3) is 5.56 Å². The Bertz CT molecular complexity index is 639. The average molecular weight is 240 g/mol. The second kappa shape index (κ2) is 5.00. The molecule has 0 amide bonds. The molecule has 0 N–H and O–H groups in total. The zero-order chi connectivity index (χ0) is 13.1. The van der Waals surface area contributed by atoms with Crippen molar-refractivity contribution in [2.24, 2.45) is 7.05 Å². The summed E-state index contributed by atoms with van der Waals surface area (Å²) in [5, 5.41) is 0. The van der Waals surface area contributed by atoms with Gasteiger partial charge in [-0.3, -0.25) is 9.36 Å². The van der Waals surface area contributed by atoms with Crippen LogP contribution in [0, 0.1) is 0 Å². The van der Waals surface area contributed by atoms with Gasteiger partial charge in [0.1, 0.15) is 5.82 Å². The maximum Gasteiger partial charge on any atom is 0.254 e. The minimum atomic E-state index is -0.0416. The lowest BCUT2D eigenvalue weighted by Crippen LogP contribution is -2.21. The Morgan fingerprint density at radius 3 is 2.56 bits per heavy atom. The molecular weight excluding hydrogens is 224 g/mol. The van der Waals surface area contributed by atoms with E-state index >= 15 is 0 Å². The predicted octanol–water partition coefficient (Wildman–Crippen LogP) is 2.87. The quantitative estimate of drug-likeness (QED) is 0.809. The molecule has 0 aliphatic rings. The van der Waals surface area contributed by atoms with Crippen LogP contribution in [0.15, 0.2) is 47.3 Å². The van der Waals surface area contributed by atoms with Crippen molar-refractivity contribution in [2.75, 3.05) is 0 Å². The molecule has 0 saturated heterocycles. The molecular formula is C15H16N2O. The Kier molecular flexibility index (Phi) is 3.42. The second-order valence-corrected chi connectivity index (χ2v) is 4.20. The molecule has 0 unspecified atom stereocenters. The van der Waals surface area contributed by atoms with Crippen LogP contribution in [-0.2, 0) is 7.05 Å². The maximum absolute atomic E-state index is 12.0. The summed E-state index contributed by atoms with van der Waals surface area (Å²) in [6, 6.07) is 11.3. The first-order chi connectivity index (χ1) is 8.63. The van der Waals surface area contributed by atoms with E-state index in [1.807, 2.05) is 50.3 Å². The number of hydrogen-bond acceptors (Lipinski definition) is 2. The molecule has 18 heavy (non-hydrogen) atoms. The fraction of sp³-hybridized carbons (Fsp3) is 0.200. The number of nitrogens with zero attached hydrogens (tertiary/aromatic N) is 2. The molecule has 0 radical (unpaired) electrons. The summed E-state index contributed by atoms with van der Waals surface area (Å²) in [5.74, 6) is 0.712. The summed E-state index contributed by atoms with van der Waals surface area (Å²) in [7, 11) is 1.74. The molecule has 0 fully saturated rings. The zero-order valence-corrected chi connectivity index (χ0v) is 10.8. The van der Waals surface area contributed by atoms with Crippen molar-refractivity contribution < 1.29 is 0 Å². The van der Waals surface area contributed by atoms with Gasteiger partial charge < -0.3 is 0 Å². The van der Waals surface area contributed by atoms with Crippen LogP contribution in [0.4, 0.5) is 0 Å². The first kappa shape index (κ1) is 12.3. The van der Waals surface area contributed by atoms with Crippen molar-refractivity contribution >= 4 is 5.57 Å². The van der Waals surface area contributed by atoms with Crippen LogP contribution >= 0.6 is 0 Å². The second-order valence-electron chi connectivity index (χ2n) is 4.20. The van der Waals surface area contributed by atoms with Gasteiger partial charge in [-0.15, -0.1) is 0 Å². The van der Waals surface area contributed by atoms with Gasteiger partial charge in [-0.25, -0.2) is 4.98 Å². The standard InChI is InChI=1S/C15H16N2O/c1-4-11(2)15-16-13(10-14(18)17(15)3)12-8-6-5-7-9-12/h4-10H,1-3H3. The highest BCUT2D eigenvalue weighted by atomic mass is 16.1. The third-order valence-corrected chi connectivity index (χ3v) is 2.99. The highest BCUT2D eigenvalue weighted by Gasteiger charge is 2.08. The molecule has 0 atom stereocenters. The van der Waals surface area contributed by atoms with Gasteiger partial charge in [0, 0.05) is 18.7 Å². The topological polar surface area (TPSA) is 34.9 Å². The number of hydrogen-bond donors (Lipinski definition) is 0. The van der Waals surface area contributed by atoms with Crippen LogP contribution in [0.5, 0.6) is 0 Å². The Balaban J connectivity index is 2.66. The largest absolute Gasteiger partial charge is 0.296 e. The van der Waals surface area contributed by atoms with Crippen LogP contribution in [0.2, 0.25) is 0 Å². The minimum Gasteiger partial charge on any atom is -0.296 e. The van der Waals surface area contributed by atoms with Crippen LogP contribution in [0.3, 0.4) is 0 Å². The lowest BCUT2D eigenvalue weighted by atomic mass is 10.1. The Hall–Kier alpha value is -2.16. The Labute approximate surface area is 106 Å². The molecule has 3 nitrogen and oxygen atoms in total. The van der Waals surface area contributed by atoms with E-state index in [1.54, 1.807) is 17.7 Å². The SMILES string of the molecule is CC=C(C)c1nc(-c2ccccc2)cc(=O)n1C. The summed E-state index contributed by atoms with van der Waals surface area (Å²) in [6.45, 7) is 3.90. The summed E-state index contributed by atoms with van der Waals surface area (Å²) < 4.78 is 1.57. The van der Waals surface area contributed by atoms with Crippen LogP contribution in [-0.4, -0.2) is 9.55 Å². The molecule has 0 bridgehead atoms. The number of aromatic nitrogens is 2. The van der Waals surface area contributed by atoms with Crippen molar-refractivity contribution in [3.8, 4) is 11.3 Å². The summed E-state index contributed by atoms with van der Waals surface area (Å²) >= 11 is 0. The molecule has 1 aromatic heterocycles. The Morgan fingerprint density at radius 2 is 1.94 bits per heavy atom. The highest BCUT2D eigenvalue weighted by molar-refractivity contribution is 5.63. The molecule has 2 aromatic rings. The van der Waals surface area contributed by atoms with Crippen molar-refractivity contribution in [3.05, 3.63) is 58.7 Å². The lowest BCUT2D eigenvalue weighted by Gasteiger charge is -2.09. The first-order valence-corrected chi connectivity index (χ1v) is 5.90. The molecule has 0 aliphatic heterocycles. The first-order valence-electron chi connectivity index (χ1n) is 5.90. The third-order valence-electron chi connectivity index (χ3n) is 2.99. The monoisotopic (exact) mass is 240 g/mol. The highest BCUT2D eigenvalue weighted by Crippen LogP contribution is 2.17. The van der Waals surface area contributed by atoms with E-state index in [9.17, 15) is 4.79 Å². The maximum atomic E-state index is 12.0. The molecule has 0 saturated carbocycles. The van der Waals surface area contributed by atoms with Gasteiger partial charge in [0.05, 0.1) is 5.69 Å². The molecule has 2 rings (SSSR count). The van der Waals surface area contributed by atoms with Gasteiger partial charge in [-0.1, -0.05) is 36.4 Å². The lowest BCUT2D eigenvalue weighted by molar-refractivity contribution is 0.804. The molecule has 3 heteroatoms. The van der Waals surface area contributed by atoms with Crippen molar-refractivity contribution in [1.29, 1.82) is 0 Å². The third kappa shape index (κ3) is 2.25. The number of rotatable bonds is 2. The molecule has 0 spiro atoms. The molecule has 1 heterocycles. The van der Waals surface area contributed by atoms with E-state index in [4.69, 9.17) is 0 Å². The fourth-order valence-electron chi connectivity index (χ4n) is 1.78. The molecule has 0 aliphatic carbocycles.